The van der Waals surface area contributed by atoms with Gasteiger partial charge in [-0.2, -0.15) is 0 Å². The minimum Gasteiger partial charge on any atom is -0.484 e. The van der Waals surface area contributed by atoms with Crippen molar-refractivity contribution >= 4 is 5.97 Å². The summed E-state index contributed by atoms with van der Waals surface area (Å²) in [5.74, 6) is 1.07. The smallest absolute Gasteiger partial charge is 0.303 e. The number of nitrogens with zero attached hydrogens (tertiary/aromatic N) is 1. The molecule has 0 spiro atoms. The van der Waals surface area contributed by atoms with Gasteiger partial charge in [-0.1, -0.05) is 72.8 Å². The van der Waals surface area contributed by atoms with Gasteiger partial charge in [0.05, 0.1) is 0 Å². The molecule has 3 aromatic carbocycles. The van der Waals surface area contributed by atoms with Crippen LogP contribution >= 0.6 is 0 Å². The molecule has 0 radical (unpaired) electrons. The Hall–Kier alpha value is -3.86. The van der Waals surface area contributed by atoms with E-state index < -0.39 is 5.97 Å². The van der Waals surface area contributed by atoms with Gasteiger partial charge in [0.25, 0.3) is 0 Å². The fraction of sp³-hybridized carbons (Fsp3) is 0.120. The highest BCUT2D eigenvalue weighted by Gasteiger charge is 2.17. The highest BCUT2D eigenvalue weighted by molar-refractivity contribution is 5.76. The first-order chi connectivity index (χ1) is 14.7. The van der Waals surface area contributed by atoms with Crippen molar-refractivity contribution in [1.82, 2.24) is 4.98 Å². The molecule has 30 heavy (non-hydrogen) atoms. The van der Waals surface area contributed by atoms with E-state index in [1.165, 1.54) is 0 Å². The molecule has 0 atom stereocenters. The maximum absolute atomic E-state index is 10.7. The Morgan fingerprint density at radius 2 is 1.50 bits per heavy atom. The number of aryl methyl sites for hydroxylation is 1. The van der Waals surface area contributed by atoms with Gasteiger partial charge in [0, 0.05) is 17.5 Å². The van der Waals surface area contributed by atoms with E-state index in [1.54, 1.807) is 0 Å². The van der Waals surface area contributed by atoms with Gasteiger partial charge < -0.3 is 14.3 Å². The standard InChI is InChI=1S/C25H21NO4/c27-23(28)16-13-18-11-14-21(15-12-18)29-17-22-26-24(19-7-3-1-4-8-19)25(30-22)20-9-5-2-6-10-20/h1-12,14-15H,13,16-17H2,(H,27,28). The van der Waals surface area contributed by atoms with Crippen LogP contribution in [0.1, 0.15) is 17.9 Å². The Kier molecular flexibility index (Phi) is 5.90. The summed E-state index contributed by atoms with van der Waals surface area (Å²) in [4.78, 5) is 15.4. The summed E-state index contributed by atoms with van der Waals surface area (Å²) in [5.41, 5.74) is 3.68. The zero-order chi connectivity index (χ0) is 20.8. The van der Waals surface area contributed by atoms with Gasteiger partial charge in [0.2, 0.25) is 5.89 Å². The van der Waals surface area contributed by atoms with E-state index >= 15 is 0 Å². The van der Waals surface area contributed by atoms with Crippen LogP contribution in [-0.2, 0) is 17.8 Å². The summed E-state index contributed by atoms with van der Waals surface area (Å²) in [5, 5.41) is 8.79. The topological polar surface area (TPSA) is 72.6 Å². The van der Waals surface area contributed by atoms with Crippen LogP contribution in [0.5, 0.6) is 5.75 Å². The lowest BCUT2D eigenvalue weighted by molar-refractivity contribution is -0.136. The third-order valence-electron chi connectivity index (χ3n) is 4.67. The number of carbonyl (C=O) groups is 1. The van der Waals surface area contributed by atoms with Crippen molar-refractivity contribution in [2.24, 2.45) is 0 Å². The number of hydrogen-bond donors (Lipinski definition) is 1. The summed E-state index contributed by atoms with van der Waals surface area (Å²) < 4.78 is 11.9. The Balaban J connectivity index is 1.52. The molecule has 0 saturated heterocycles. The Morgan fingerprint density at radius 3 is 2.13 bits per heavy atom. The quantitative estimate of drug-likeness (QED) is 0.417. The monoisotopic (exact) mass is 399 g/mol. The fourth-order valence-corrected chi connectivity index (χ4v) is 3.15. The zero-order valence-electron chi connectivity index (χ0n) is 16.3. The summed E-state index contributed by atoms with van der Waals surface area (Å²) in [6.45, 7) is 0.196. The number of ether oxygens (including phenoxy) is 1. The summed E-state index contributed by atoms with van der Waals surface area (Å²) in [7, 11) is 0. The normalized spacial score (nSPS) is 10.7. The highest BCUT2D eigenvalue weighted by Crippen LogP contribution is 2.32. The molecule has 5 heteroatoms. The summed E-state index contributed by atoms with van der Waals surface area (Å²) in [6, 6.07) is 27.2. The van der Waals surface area contributed by atoms with Crippen LogP contribution < -0.4 is 4.74 Å². The Morgan fingerprint density at radius 1 is 0.867 bits per heavy atom. The minimum absolute atomic E-state index is 0.112. The lowest BCUT2D eigenvalue weighted by Gasteiger charge is -2.05. The maximum atomic E-state index is 10.7. The van der Waals surface area contributed by atoms with E-state index in [-0.39, 0.29) is 13.0 Å². The molecule has 5 nitrogen and oxygen atoms in total. The lowest BCUT2D eigenvalue weighted by Crippen LogP contribution is -1.98. The third-order valence-corrected chi connectivity index (χ3v) is 4.67. The van der Waals surface area contributed by atoms with E-state index in [4.69, 9.17) is 14.3 Å². The molecule has 0 unspecified atom stereocenters. The number of carboxylic acids is 1. The molecular formula is C25H21NO4. The Bertz CT molecular complexity index is 1050. The molecule has 1 heterocycles. The van der Waals surface area contributed by atoms with Crippen LogP contribution in [-0.4, -0.2) is 16.1 Å². The van der Waals surface area contributed by atoms with E-state index in [0.717, 1.165) is 22.4 Å². The van der Waals surface area contributed by atoms with Crippen molar-refractivity contribution in [3.05, 3.63) is 96.4 Å². The van der Waals surface area contributed by atoms with Gasteiger partial charge in [0.1, 0.15) is 11.4 Å². The summed E-state index contributed by atoms with van der Waals surface area (Å²) >= 11 is 0. The molecule has 0 amide bonds. The van der Waals surface area contributed by atoms with Gasteiger partial charge in [-0.3, -0.25) is 4.79 Å². The predicted octanol–water partition coefficient (Wildman–Crippen LogP) is 5.60. The number of oxazole rings is 1. The van der Waals surface area contributed by atoms with Crippen LogP contribution in [0.15, 0.2) is 89.3 Å². The molecule has 0 fully saturated rings. The number of hydrogen-bond acceptors (Lipinski definition) is 4. The van der Waals surface area contributed by atoms with Crippen molar-refractivity contribution in [3.63, 3.8) is 0 Å². The highest BCUT2D eigenvalue weighted by atomic mass is 16.5. The zero-order valence-corrected chi connectivity index (χ0v) is 16.3. The van der Waals surface area contributed by atoms with E-state index in [2.05, 4.69) is 4.98 Å². The van der Waals surface area contributed by atoms with Gasteiger partial charge >= 0.3 is 5.97 Å². The summed E-state index contributed by atoms with van der Waals surface area (Å²) in [6.07, 6.45) is 0.608. The maximum Gasteiger partial charge on any atom is 0.303 e. The molecule has 0 saturated carbocycles. The second-order valence-electron chi connectivity index (χ2n) is 6.84. The van der Waals surface area contributed by atoms with E-state index in [9.17, 15) is 4.79 Å². The second kappa shape index (κ2) is 9.09. The molecule has 0 aliphatic carbocycles. The molecule has 0 aliphatic rings. The van der Waals surface area contributed by atoms with E-state index in [0.29, 0.717) is 23.8 Å². The van der Waals surface area contributed by atoms with Crippen LogP contribution in [0, 0.1) is 0 Å². The van der Waals surface area contributed by atoms with Crippen LogP contribution in [0.4, 0.5) is 0 Å². The molecule has 1 aromatic heterocycles. The first-order valence-electron chi connectivity index (χ1n) is 9.73. The second-order valence-corrected chi connectivity index (χ2v) is 6.84. The van der Waals surface area contributed by atoms with Crippen LogP contribution in [0.25, 0.3) is 22.6 Å². The first kappa shape index (κ1) is 19.5. The van der Waals surface area contributed by atoms with Crippen molar-refractivity contribution in [2.75, 3.05) is 0 Å². The largest absolute Gasteiger partial charge is 0.484 e. The molecule has 0 bridgehead atoms. The van der Waals surface area contributed by atoms with Gasteiger partial charge in [-0.25, -0.2) is 4.98 Å². The molecule has 4 rings (SSSR count). The van der Waals surface area contributed by atoms with Crippen molar-refractivity contribution in [2.45, 2.75) is 19.4 Å². The lowest BCUT2D eigenvalue weighted by atomic mass is 10.1. The molecule has 4 aromatic rings. The number of aromatic nitrogens is 1. The Labute approximate surface area is 174 Å². The first-order valence-corrected chi connectivity index (χ1v) is 9.73. The fourth-order valence-electron chi connectivity index (χ4n) is 3.15. The molecular weight excluding hydrogens is 378 g/mol. The van der Waals surface area contributed by atoms with Crippen molar-refractivity contribution < 1.29 is 19.1 Å². The minimum atomic E-state index is -0.803. The average Bonchev–Trinajstić information content (AvgIpc) is 3.22. The van der Waals surface area contributed by atoms with E-state index in [1.807, 2.05) is 84.9 Å². The van der Waals surface area contributed by atoms with Crippen LogP contribution in [0.2, 0.25) is 0 Å². The number of rotatable bonds is 8. The number of benzene rings is 3. The van der Waals surface area contributed by atoms with Gasteiger partial charge in [-0.05, 0) is 24.1 Å². The molecule has 0 aliphatic heterocycles. The number of carboxylic acid groups (broad SMARTS) is 1. The van der Waals surface area contributed by atoms with Gasteiger partial charge in [-0.15, -0.1) is 0 Å². The predicted molar refractivity (Wildman–Crippen MR) is 114 cm³/mol. The van der Waals surface area contributed by atoms with Crippen molar-refractivity contribution in [3.8, 4) is 28.3 Å². The average molecular weight is 399 g/mol. The molecule has 1 N–H and O–H groups in total. The van der Waals surface area contributed by atoms with Gasteiger partial charge in [0.15, 0.2) is 12.4 Å². The number of aliphatic carboxylic acids is 1. The molecule has 150 valence electrons. The third kappa shape index (κ3) is 4.75. The van der Waals surface area contributed by atoms with Crippen LogP contribution in [0.3, 0.4) is 0 Å². The van der Waals surface area contributed by atoms with Crippen molar-refractivity contribution in [1.29, 1.82) is 0 Å². The SMILES string of the molecule is O=C(O)CCc1ccc(OCc2nc(-c3ccccc3)c(-c3ccccc3)o2)cc1.